The average molecular weight is 274 g/mol. The van der Waals surface area contributed by atoms with Crippen molar-refractivity contribution in [3.05, 3.63) is 30.4 Å². The summed E-state index contributed by atoms with van der Waals surface area (Å²) in [6.45, 7) is 3.05. The molecule has 1 saturated heterocycles. The van der Waals surface area contributed by atoms with Crippen LogP contribution in [0.4, 0.5) is 0 Å². The topological polar surface area (TPSA) is 74.6 Å². The molecule has 3 heterocycles. The quantitative estimate of drug-likeness (QED) is 0.770. The van der Waals surface area contributed by atoms with Crippen molar-refractivity contribution in [2.24, 2.45) is 0 Å². The Morgan fingerprint density at radius 2 is 2.50 bits per heavy atom. The standard InChI is InChI=1S/C13H18N6O/c1-14-12(20)11-7-15-4-6-18(11)8-10-9-19-5-2-3-16-13(19)17-10/h2-3,5,9,11,15H,4,6-8H2,1H3,(H,14,20). The maximum atomic E-state index is 11.9. The van der Waals surface area contributed by atoms with Crippen molar-refractivity contribution in [3.8, 4) is 0 Å². The van der Waals surface area contributed by atoms with E-state index in [0.29, 0.717) is 18.9 Å². The minimum absolute atomic E-state index is 0.0408. The fourth-order valence-corrected chi connectivity index (χ4v) is 2.52. The summed E-state index contributed by atoms with van der Waals surface area (Å²) in [4.78, 5) is 22.8. The number of imidazole rings is 1. The number of carbonyl (C=O) groups excluding carboxylic acids is 1. The Morgan fingerprint density at radius 1 is 1.60 bits per heavy atom. The van der Waals surface area contributed by atoms with Crippen molar-refractivity contribution in [2.45, 2.75) is 12.6 Å². The number of nitrogens with zero attached hydrogens (tertiary/aromatic N) is 4. The minimum Gasteiger partial charge on any atom is -0.358 e. The van der Waals surface area contributed by atoms with E-state index in [-0.39, 0.29) is 11.9 Å². The third-order valence-corrected chi connectivity index (χ3v) is 3.55. The van der Waals surface area contributed by atoms with Gasteiger partial charge in [-0.05, 0) is 6.07 Å². The van der Waals surface area contributed by atoms with E-state index >= 15 is 0 Å². The van der Waals surface area contributed by atoms with Gasteiger partial charge in [-0.3, -0.25) is 14.1 Å². The number of rotatable bonds is 3. The van der Waals surface area contributed by atoms with E-state index in [1.165, 1.54) is 0 Å². The van der Waals surface area contributed by atoms with Crippen LogP contribution in [0.3, 0.4) is 0 Å². The average Bonchev–Trinajstić information content (AvgIpc) is 2.89. The molecule has 0 bridgehead atoms. The first-order chi connectivity index (χ1) is 9.78. The van der Waals surface area contributed by atoms with Crippen LogP contribution in [0.1, 0.15) is 5.69 Å². The van der Waals surface area contributed by atoms with Crippen LogP contribution in [0.15, 0.2) is 24.7 Å². The lowest BCUT2D eigenvalue weighted by Gasteiger charge is -2.34. The zero-order valence-electron chi connectivity index (χ0n) is 11.4. The third-order valence-electron chi connectivity index (χ3n) is 3.55. The molecular formula is C13H18N6O. The number of fused-ring (bicyclic) bond motifs is 1. The fourth-order valence-electron chi connectivity index (χ4n) is 2.52. The summed E-state index contributed by atoms with van der Waals surface area (Å²) < 4.78 is 1.90. The summed E-state index contributed by atoms with van der Waals surface area (Å²) in [7, 11) is 1.67. The number of nitrogens with one attached hydrogen (secondary N) is 2. The van der Waals surface area contributed by atoms with Crippen molar-refractivity contribution in [1.82, 2.24) is 29.9 Å². The zero-order valence-corrected chi connectivity index (χ0v) is 11.4. The monoisotopic (exact) mass is 274 g/mol. The van der Waals surface area contributed by atoms with Crippen LogP contribution in [0.25, 0.3) is 5.78 Å². The van der Waals surface area contributed by atoms with Gasteiger partial charge in [-0.15, -0.1) is 0 Å². The molecule has 20 heavy (non-hydrogen) atoms. The van der Waals surface area contributed by atoms with Crippen molar-refractivity contribution >= 4 is 11.7 Å². The molecule has 1 amide bonds. The summed E-state index contributed by atoms with van der Waals surface area (Å²) in [5.41, 5.74) is 0.930. The maximum absolute atomic E-state index is 11.9. The minimum atomic E-state index is -0.147. The van der Waals surface area contributed by atoms with Crippen molar-refractivity contribution in [1.29, 1.82) is 0 Å². The van der Waals surface area contributed by atoms with E-state index in [9.17, 15) is 4.79 Å². The summed E-state index contributed by atoms with van der Waals surface area (Å²) >= 11 is 0. The van der Waals surface area contributed by atoms with Crippen molar-refractivity contribution < 1.29 is 4.79 Å². The highest BCUT2D eigenvalue weighted by atomic mass is 16.2. The van der Waals surface area contributed by atoms with Gasteiger partial charge in [0.15, 0.2) is 0 Å². The van der Waals surface area contributed by atoms with Crippen molar-refractivity contribution in [2.75, 3.05) is 26.7 Å². The molecule has 1 atom stereocenters. The largest absolute Gasteiger partial charge is 0.358 e. The second-order valence-electron chi connectivity index (χ2n) is 4.86. The lowest BCUT2D eigenvalue weighted by atomic mass is 10.1. The highest BCUT2D eigenvalue weighted by Crippen LogP contribution is 2.10. The van der Waals surface area contributed by atoms with E-state index in [0.717, 1.165) is 18.8 Å². The molecule has 2 aromatic rings. The first-order valence-corrected chi connectivity index (χ1v) is 6.73. The number of aromatic nitrogens is 3. The molecule has 0 radical (unpaired) electrons. The van der Waals surface area contributed by atoms with Crippen LogP contribution >= 0.6 is 0 Å². The molecule has 2 aromatic heterocycles. The molecule has 0 aliphatic carbocycles. The lowest BCUT2D eigenvalue weighted by Crippen LogP contribution is -2.56. The molecule has 0 spiro atoms. The molecular weight excluding hydrogens is 256 g/mol. The van der Waals surface area contributed by atoms with Crippen LogP contribution in [0, 0.1) is 0 Å². The van der Waals surface area contributed by atoms with Gasteiger partial charge in [0.2, 0.25) is 11.7 Å². The second kappa shape index (κ2) is 5.56. The Kier molecular flexibility index (Phi) is 3.62. The number of hydrogen-bond donors (Lipinski definition) is 2. The Morgan fingerprint density at radius 3 is 3.30 bits per heavy atom. The van der Waals surface area contributed by atoms with Gasteiger partial charge in [-0.2, -0.15) is 0 Å². The predicted molar refractivity (Wildman–Crippen MR) is 74.1 cm³/mol. The first-order valence-electron chi connectivity index (χ1n) is 6.73. The van der Waals surface area contributed by atoms with E-state index in [1.807, 2.05) is 22.9 Å². The van der Waals surface area contributed by atoms with Gasteiger partial charge < -0.3 is 10.6 Å². The normalized spacial score (nSPS) is 20.1. The molecule has 1 unspecified atom stereocenters. The van der Waals surface area contributed by atoms with Crippen LogP contribution in [-0.4, -0.2) is 57.9 Å². The SMILES string of the molecule is CNC(=O)C1CNCCN1Cc1cn2cccnc2n1. The Balaban J connectivity index is 1.79. The third kappa shape index (κ3) is 2.50. The van der Waals surface area contributed by atoms with Crippen LogP contribution in [-0.2, 0) is 11.3 Å². The van der Waals surface area contributed by atoms with E-state index < -0.39 is 0 Å². The van der Waals surface area contributed by atoms with E-state index in [1.54, 1.807) is 13.2 Å². The molecule has 2 N–H and O–H groups in total. The molecule has 0 aromatic carbocycles. The smallest absolute Gasteiger partial charge is 0.238 e. The van der Waals surface area contributed by atoms with Gasteiger partial charge in [0, 0.05) is 51.8 Å². The number of likely N-dealkylation sites (N-methyl/N-ethyl adjacent to an activating group) is 1. The number of piperazine rings is 1. The van der Waals surface area contributed by atoms with E-state index in [4.69, 9.17) is 0 Å². The number of amides is 1. The molecule has 106 valence electrons. The highest BCUT2D eigenvalue weighted by Gasteiger charge is 2.28. The second-order valence-corrected chi connectivity index (χ2v) is 4.86. The van der Waals surface area contributed by atoms with Crippen molar-refractivity contribution in [3.63, 3.8) is 0 Å². The van der Waals surface area contributed by atoms with Gasteiger partial charge in [0.05, 0.1) is 5.69 Å². The van der Waals surface area contributed by atoms with Gasteiger partial charge in [0.1, 0.15) is 6.04 Å². The summed E-state index contributed by atoms with van der Waals surface area (Å²) in [5, 5.41) is 5.97. The van der Waals surface area contributed by atoms with Gasteiger partial charge in [-0.1, -0.05) is 0 Å². The molecule has 1 aliphatic heterocycles. The maximum Gasteiger partial charge on any atom is 0.238 e. The predicted octanol–water partition coefficient (Wildman–Crippen LogP) is -0.751. The zero-order chi connectivity index (χ0) is 13.9. The molecule has 3 rings (SSSR count). The van der Waals surface area contributed by atoms with Crippen LogP contribution < -0.4 is 10.6 Å². The van der Waals surface area contributed by atoms with Crippen LogP contribution in [0.2, 0.25) is 0 Å². The first kappa shape index (κ1) is 13.0. The Bertz CT molecular complexity index is 577. The molecule has 1 fully saturated rings. The molecule has 7 nitrogen and oxygen atoms in total. The molecule has 7 heteroatoms. The van der Waals surface area contributed by atoms with Crippen LogP contribution in [0.5, 0.6) is 0 Å². The van der Waals surface area contributed by atoms with Gasteiger partial charge in [0.25, 0.3) is 0 Å². The Hall–Kier alpha value is -1.99. The van der Waals surface area contributed by atoms with Gasteiger partial charge >= 0.3 is 0 Å². The fraction of sp³-hybridized carbons (Fsp3) is 0.462. The van der Waals surface area contributed by atoms with E-state index in [2.05, 4.69) is 25.5 Å². The lowest BCUT2D eigenvalue weighted by molar-refractivity contribution is -0.126. The number of hydrogen-bond acceptors (Lipinski definition) is 5. The van der Waals surface area contributed by atoms with Gasteiger partial charge in [-0.25, -0.2) is 9.97 Å². The Labute approximate surface area is 117 Å². The summed E-state index contributed by atoms with van der Waals surface area (Å²) in [6.07, 6.45) is 5.61. The molecule has 1 aliphatic rings. The highest BCUT2D eigenvalue weighted by molar-refractivity contribution is 5.81. The molecule has 0 saturated carbocycles. The summed E-state index contributed by atoms with van der Waals surface area (Å²) in [6, 6.07) is 1.72. The number of carbonyl (C=O) groups is 1. The summed E-state index contributed by atoms with van der Waals surface area (Å²) in [5.74, 6) is 0.730.